The van der Waals surface area contributed by atoms with Crippen LogP contribution >= 0.6 is 0 Å². The summed E-state index contributed by atoms with van der Waals surface area (Å²) in [6.45, 7) is 0.556. The third-order valence-electron chi connectivity index (χ3n) is 4.22. The zero-order valence-electron chi connectivity index (χ0n) is 11.2. The first kappa shape index (κ1) is 12.5. The molecule has 0 radical (unpaired) electrons. The summed E-state index contributed by atoms with van der Waals surface area (Å²) in [5.41, 5.74) is -0.298. The van der Waals surface area contributed by atoms with E-state index in [1.165, 1.54) is 32.1 Å². The number of carbonyl (C=O) groups is 1. The molecule has 1 aromatic heterocycles. The number of aromatic nitrogens is 2. The van der Waals surface area contributed by atoms with Gasteiger partial charge in [0.2, 0.25) is 0 Å². The Morgan fingerprint density at radius 3 is 2.84 bits per heavy atom. The molecule has 0 bridgehead atoms. The maximum absolute atomic E-state index is 11.9. The van der Waals surface area contributed by atoms with Gasteiger partial charge < -0.3 is 15.0 Å². The molecule has 19 heavy (non-hydrogen) atoms. The van der Waals surface area contributed by atoms with Crippen LogP contribution < -0.4 is 5.32 Å². The number of hydrogen-bond donors (Lipinski definition) is 2. The van der Waals surface area contributed by atoms with Gasteiger partial charge in [0.25, 0.3) is 0 Å². The lowest BCUT2D eigenvalue weighted by Crippen LogP contribution is -2.37. The number of nitrogens with one attached hydrogen (secondary N) is 2. The summed E-state index contributed by atoms with van der Waals surface area (Å²) >= 11 is 0. The van der Waals surface area contributed by atoms with E-state index in [0.29, 0.717) is 12.5 Å². The second-order valence-electron chi connectivity index (χ2n) is 5.75. The van der Waals surface area contributed by atoms with Crippen LogP contribution in [0.2, 0.25) is 0 Å². The number of rotatable bonds is 4. The molecule has 2 fully saturated rings. The van der Waals surface area contributed by atoms with Crippen LogP contribution in [0.1, 0.15) is 50.8 Å². The number of ether oxygens (including phenoxy) is 1. The molecule has 1 heterocycles. The highest BCUT2D eigenvalue weighted by molar-refractivity contribution is 5.69. The molecule has 2 N–H and O–H groups in total. The van der Waals surface area contributed by atoms with Crippen LogP contribution in [-0.2, 0) is 10.3 Å². The van der Waals surface area contributed by atoms with Crippen LogP contribution in [0.5, 0.6) is 0 Å². The SMILES string of the molecule is O=C(NC1(c2ncc[nH]2)CC1)OCC1CCCCC1. The lowest BCUT2D eigenvalue weighted by Gasteiger charge is -2.22. The van der Waals surface area contributed by atoms with Crippen molar-refractivity contribution in [1.82, 2.24) is 15.3 Å². The van der Waals surface area contributed by atoms with E-state index in [9.17, 15) is 4.79 Å². The molecular weight excluding hydrogens is 242 g/mol. The van der Waals surface area contributed by atoms with Crippen molar-refractivity contribution in [2.45, 2.75) is 50.5 Å². The van der Waals surface area contributed by atoms with Gasteiger partial charge in [-0.1, -0.05) is 19.3 Å². The fourth-order valence-corrected chi connectivity index (χ4v) is 2.85. The van der Waals surface area contributed by atoms with E-state index in [2.05, 4.69) is 15.3 Å². The first-order valence-electron chi connectivity index (χ1n) is 7.23. The fraction of sp³-hybridized carbons (Fsp3) is 0.714. The number of aromatic amines is 1. The molecule has 104 valence electrons. The Hall–Kier alpha value is -1.52. The molecule has 0 unspecified atom stereocenters. The van der Waals surface area contributed by atoms with Crippen molar-refractivity contribution in [2.24, 2.45) is 5.92 Å². The maximum atomic E-state index is 11.9. The maximum Gasteiger partial charge on any atom is 0.407 e. The normalized spacial score (nSPS) is 21.9. The molecule has 0 spiro atoms. The predicted molar refractivity (Wildman–Crippen MR) is 70.6 cm³/mol. The number of H-pyrrole nitrogens is 1. The highest BCUT2D eigenvalue weighted by Crippen LogP contribution is 2.43. The van der Waals surface area contributed by atoms with Crippen molar-refractivity contribution in [3.8, 4) is 0 Å². The van der Waals surface area contributed by atoms with E-state index in [1.54, 1.807) is 12.4 Å². The minimum atomic E-state index is -0.306. The third-order valence-corrected chi connectivity index (χ3v) is 4.22. The van der Waals surface area contributed by atoms with Crippen molar-refractivity contribution >= 4 is 6.09 Å². The topological polar surface area (TPSA) is 67.0 Å². The van der Waals surface area contributed by atoms with E-state index in [-0.39, 0.29) is 11.6 Å². The molecule has 0 atom stereocenters. The molecule has 3 rings (SSSR count). The summed E-state index contributed by atoms with van der Waals surface area (Å²) in [6, 6.07) is 0. The second-order valence-corrected chi connectivity index (χ2v) is 5.75. The van der Waals surface area contributed by atoms with Crippen LogP contribution in [0.25, 0.3) is 0 Å². The van der Waals surface area contributed by atoms with Crippen LogP contribution in [0, 0.1) is 5.92 Å². The molecule has 2 aliphatic carbocycles. The summed E-state index contributed by atoms with van der Waals surface area (Å²) in [4.78, 5) is 19.2. The highest BCUT2D eigenvalue weighted by atomic mass is 16.5. The van der Waals surface area contributed by atoms with Crippen molar-refractivity contribution < 1.29 is 9.53 Å². The average Bonchev–Trinajstić information content (AvgIpc) is 3.01. The van der Waals surface area contributed by atoms with E-state index in [4.69, 9.17) is 4.74 Å². The zero-order valence-corrected chi connectivity index (χ0v) is 11.2. The first-order chi connectivity index (χ1) is 9.28. The summed E-state index contributed by atoms with van der Waals surface area (Å²) in [6.07, 6.45) is 11.3. The van der Waals surface area contributed by atoms with Gasteiger partial charge in [-0.15, -0.1) is 0 Å². The molecule has 5 nitrogen and oxygen atoms in total. The number of alkyl carbamates (subject to hydrolysis) is 1. The van der Waals surface area contributed by atoms with Gasteiger partial charge in [-0.05, 0) is 31.6 Å². The minimum absolute atomic E-state index is 0.298. The van der Waals surface area contributed by atoms with Gasteiger partial charge in [0.1, 0.15) is 11.4 Å². The Kier molecular flexibility index (Phi) is 3.44. The summed E-state index contributed by atoms with van der Waals surface area (Å²) in [5.74, 6) is 1.39. The lowest BCUT2D eigenvalue weighted by molar-refractivity contribution is 0.111. The number of imidazole rings is 1. The molecular formula is C14H21N3O2. The molecule has 0 saturated heterocycles. The molecule has 1 amide bonds. The van der Waals surface area contributed by atoms with Crippen molar-refractivity contribution in [3.63, 3.8) is 0 Å². The predicted octanol–water partition coefficient (Wildman–Crippen LogP) is 2.71. The summed E-state index contributed by atoms with van der Waals surface area (Å²) in [5, 5.41) is 2.95. The smallest absolute Gasteiger partial charge is 0.407 e. The number of hydrogen-bond acceptors (Lipinski definition) is 3. The Bertz CT molecular complexity index is 420. The zero-order chi connectivity index (χ0) is 13.1. The number of nitrogens with zero attached hydrogens (tertiary/aromatic N) is 1. The monoisotopic (exact) mass is 263 g/mol. The fourth-order valence-electron chi connectivity index (χ4n) is 2.85. The number of amides is 1. The Morgan fingerprint density at radius 2 is 2.21 bits per heavy atom. The van der Waals surface area contributed by atoms with Crippen molar-refractivity contribution in [3.05, 3.63) is 18.2 Å². The van der Waals surface area contributed by atoms with Gasteiger partial charge in [0.15, 0.2) is 0 Å². The van der Waals surface area contributed by atoms with Crippen LogP contribution in [0.3, 0.4) is 0 Å². The van der Waals surface area contributed by atoms with Crippen LogP contribution in [-0.4, -0.2) is 22.7 Å². The third kappa shape index (κ3) is 2.91. The van der Waals surface area contributed by atoms with Crippen molar-refractivity contribution in [1.29, 1.82) is 0 Å². The van der Waals surface area contributed by atoms with Gasteiger partial charge in [0, 0.05) is 12.4 Å². The second kappa shape index (κ2) is 5.23. The largest absolute Gasteiger partial charge is 0.449 e. The van der Waals surface area contributed by atoms with E-state index < -0.39 is 0 Å². The van der Waals surface area contributed by atoms with Gasteiger partial charge in [-0.25, -0.2) is 9.78 Å². The molecule has 5 heteroatoms. The molecule has 2 saturated carbocycles. The molecule has 2 aliphatic rings. The quantitative estimate of drug-likeness (QED) is 0.877. The van der Waals surface area contributed by atoms with Gasteiger partial charge >= 0.3 is 6.09 Å². The van der Waals surface area contributed by atoms with Crippen LogP contribution in [0.15, 0.2) is 12.4 Å². The molecule has 0 aromatic carbocycles. The average molecular weight is 263 g/mol. The summed E-state index contributed by atoms with van der Waals surface area (Å²) in [7, 11) is 0. The van der Waals surface area contributed by atoms with Gasteiger partial charge in [-0.2, -0.15) is 0 Å². The summed E-state index contributed by atoms with van der Waals surface area (Å²) < 4.78 is 5.36. The van der Waals surface area contributed by atoms with Gasteiger partial charge in [-0.3, -0.25) is 0 Å². The lowest BCUT2D eigenvalue weighted by atomic mass is 9.90. The minimum Gasteiger partial charge on any atom is -0.449 e. The molecule has 0 aliphatic heterocycles. The van der Waals surface area contributed by atoms with E-state index >= 15 is 0 Å². The molecule has 1 aromatic rings. The Morgan fingerprint density at radius 1 is 1.42 bits per heavy atom. The van der Waals surface area contributed by atoms with Crippen LogP contribution in [0.4, 0.5) is 4.79 Å². The van der Waals surface area contributed by atoms with E-state index in [0.717, 1.165) is 18.7 Å². The van der Waals surface area contributed by atoms with Gasteiger partial charge in [0.05, 0.1) is 6.61 Å². The number of carbonyl (C=O) groups excluding carboxylic acids is 1. The first-order valence-corrected chi connectivity index (χ1v) is 7.23. The highest BCUT2D eigenvalue weighted by Gasteiger charge is 2.48. The standard InChI is InChI=1S/C14H21N3O2/c18-13(19-10-11-4-2-1-3-5-11)17-14(6-7-14)12-15-8-9-16-12/h8-9,11H,1-7,10H2,(H,15,16)(H,17,18). The van der Waals surface area contributed by atoms with Crippen molar-refractivity contribution in [2.75, 3.05) is 6.61 Å². The Balaban J connectivity index is 1.46. The Labute approximate surface area is 113 Å². The van der Waals surface area contributed by atoms with E-state index in [1.807, 2.05) is 0 Å².